The number of ether oxygens (including phenoxy) is 2. The zero-order chi connectivity index (χ0) is 19.6. The molecule has 27 heavy (non-hydrogen) atoms. The van der Waals surface area contributed by atoms with Gasteiger partial charge in [0, 0.05) is 0 Å². The van der Waals surface area contributed by atoms with E-state index in [9.17, 15) is 4.79 Å². The monoisotopic (exact) mass is 360 g/mol. The predicted octanol–water partition coefficient (Wildman–Crippen LogP) is 5.81. The first kappa shape index (κ1) is 18.7. The molecule has 0 spiro atoms. The fraction of sp³-hybridized carbons (Fsp3) is 0.208. The number of carbonyl (C=O) groups is 1. The number of allylic oxidation sites excluding steroid dienone is 1. The van der Waals surface area contributed by atoms with E-state index in [0.717, 1.165) is 22.4 Å². The van der Waals surface area contributed by atoms with Crippen LogP contribution in [0.25, 0.3) is 22.4 Å². The Morgan fingerprint density at radius 1 is 0.889 bits per heavy atom. The third kappa shape index (κ3) is 3.72. The summed E-state index contributed by atoms with van der Waals surface area (Å²) in [5.41, 5.74) is 6.29. The Hall–Kier alpha value is -3.07. The van der Waals surface area contributed by atoms with Gasteiger partial charge < -0.3 is 9.47 Å². The summed E-state index contributed by atoms with van der Waals surface area (Å²) in [4.78, 5) is 11.6. The van der Waals surface area contributed by atoms with Crippen LogP contribution >= 0.6 is 0 Å². The molecule has 3 nitrogen and oxygen atoms in total. The third-order valence-electron chi connectivity index (χ3n) is 4.96. The zero-order valence-corrected chi connectivity index (χ0v) is 16.4. The highest BCUT2D eigenvalue weighted by molar-refractivity contribution is 5.94. The molecule has 0 saturated carbocycles. The number of rotatable bonds is 4. The summed E-state index contributed by atoms with van der Waals surface area (Å²) < 4.78 is 10.2. The Kier molecular flexibility index (Phi) is 5.31. The number of carbonyl (C=O) groups excluding carboxylic acids is 1. The molecule has 0 aliphatic heterocycles. The van der Waals surface area contributed by atoms with Gasteiger partial charge in [-0.3, -0.25) is 0 Å². The van der Waals surface area contributed by atoms with Crippen molar-refractivity contribution in [3.05, 3.63) is 76.3 Å². The molecule has 0 aliphatic carbocycles. The first-order chi connectivity index (χ1) is 12.9. The van der Waals surface area contributed by atoms with Gasteiger partial charge in [-0.1, -0.05) is 30.3 Å². The van der Waals surface area contributed by atoms with E-state index in [1.54, 1.807) is 19.2 Å². The van der Waals surface area contributed by atoms with Crippen molar-refractivity contribution in [1.82, 2.24) is 0 Å². The summed E-state index contributed by atoms with van der Waals surface area (Å²) in [7, 11) is 3.10. The SMILES string of the molecule is COC(=O)c1ccc(/C=C(\C)c2ccc3c(C)c(OC)cc(C)c3c2)cc1. The number of benzene rings is 3. The molecule has 0 unspecified atom stereocenters. The van der Waals surface area contributed by atoms with Crippen LogP contribution < -0.4 is 4.74 Å². The Bertz CT molecular complexity index is 1030. The maximum absolute atomic E-state index is 11.6. The van der Waals surface area contributed by atoms with Gasteiger partial charge in [-0.15, -0.1) is 0 Å². The number of fused-ring (bicyclic) bond motifs is 1. The lowest BCUT2D eigenvalue weighted by molar-refractivity contribution is 0.0600. The molecule has 0 radical (unpaired) electrons. The molecular weight excluding hydrogens is 336 g/mol. The normalized spacial score (nSPS) is 11.5. The van der Waals surface area contributed by atoms with E-state index in [1.165, 1.54) is 29.0 Å². The number of hydrogen-bond acceptors (Lipinski definition) is 3. The Morgan fingerprint density at radius 2 is 1.56 bits per heavy atom. The average molecular weight is 360 g/mol. The summed E-state index contributed by atoms with van der Waals surface area (Å²) >= 11 is 0. The van der Waals surface area contributed by atoms with Crippen molar-refractivity contribution in [2.75, 3.05) is 14.2 Å². The van der Waals surface area contributed by atoms with Crippen LogP contribution in [-0.2, 0) is 4.74 Å². The van der Waals surface area contributed by atoms with E-state index in [1.807, 2.05) is 12.1 Å². The van der Waals surface area contributed by atoms with Gasteiger partial charge in [0.2, 0.25) is 0 Å². The number of hydrogen-bond donors (Lipinski definition) is 0. The van der Waals surface area contributed by atoms with Gasteiger partial charge >= 0.3 is 5.97 Å². The summed E-state index contributed by atoms with van der Waals surface area (Å²) in [6, 6.07) is 16.0. The molecule has 0 N–H and O–H groups in total. The zero-order valence-electron chi connectivity index (χ0n) is 16.4. The van der Waals surface area contributed by atoms with Gasteiger partial charge in [-0.2, -0.15) is 0 Å². The lowest BCUT2D eigenvalue weighted by atomic mass is 9.95. The van der Waals surface area contributed by atoms with Crippen LogP contribution in [0, 0.1) is 13.8 Å². The van der Waals surface area contributed by atoms with E-state index in [4.69, 9.17) is 9.47 Å². The number of methoxy groups -OCH3 is 2. The molecule has 0 saturated heterocycles. The van der Waals surface area contributed by atoms with Gasteiger partial charge in [-0.25, -0.2) is 4.79 Å². The van der Waals surface area contributed by atoms with Crippen LogP contribution in [0.15, 0.2) is 48.5 Å². The molecule has 0 aliphatic rings. The fourth-order valence-electron chi connectivity index (χ4n) is 3.34. The van der Waals surface area contributed by atoms with Crippen molar-refractivity contribution in [3.63, 3.8) is 0 Å². The molecule has 3 heteroatoms. The van der Waals surface area contributed by atoms with Crippen molar-refractivity contribution in [2.45, 2.75) is 20.8 Å². The molecule has 0 atom stereocenters. The molecular formula is C24H24O3. The van der Waals surface area contributed by atoms with Crippen molar-refractivity contribution in [1.29, 1.82) is 0 Å². The maximum atomic E-state index is 11.6. The van der Waals surface area contributed by atoms with Crippen LogP contribution in [0.5, 0.6) is 5.75 Å². The van der Waals surface area contributed by atoms with Crippen molar-refractivity contribution >= 4 is 28.4 Å². The standard InChI is InChI=1S/C24H24O3/c1-15(12-18-6-8-19(9-7-18)24(25)27-5)20-10-11-21-17(3)23(26-4)13-16(2)22(21)14-20/h6-14H,1-5H3/b15-12+. The minimum Gasteiger partial charge on any atom is -0.496 e. The van der Waals surface area contributed by atoms with Crippen molar-refractivity contribution in [2.24, 2.45) is 0 Å². The summed E-state index contributed by atoms with van der Waals surface area (Å²) in [6.45, 7) is 6.30. The van der Waals surface area contributed by atoms with Crippen LogP contribution in [0.3, 0.4) is 0 Å². The minimum atomic E-state index is -0.321. The van der Waals surface area contributed by atoms with E-state index >= 15 is 0 Å². The largest absolute Gasteiger partial charge is 0.496 e. The Labute approximate surface area is 160 Å². The number of esters is 1. The van der Waals surface area contributed by atoms with E-state index in [-0.39, 0.29) is 5.97 Å². The van der Waals surface area contributed by atoms with Crippen LogP contribution in [-0.4, -0.2) is 20.2 Å². The Balaban J connectivity index is 1.98. The maximum Gasteiger partial charge on any atom is 0.337 e. The topological polar surface area (TPSA) is 35.5 Å². The second-order valence-electron chi connectivity index (χ2n) is 6.72. The molecule has 3 aromatic carbocycles. The van der Waals surface area contributed by atoms with Gasteiger partial charge in [0.25, 0.3) is 0 Å². The predicted molar refractivity (Wildman–Crippen MR) is 111 cm³/mol. The van der Waals surface area contributed by atoms with Crippen molar-refractivity contribution in [3.8, 4) is 5.75 Å². The summed E-state index contributed by atoms with van der Waals surface area (Å²) in [5.74, 6) is 0.601. The van der Waals surface area contributed by atoms with Crippen LogP contribution in [0.1, 0.15) is 39.5 Å². The fourth-order valence-corrected chi connectivity index (χ4v) is 3.34. The van der Waals surface area contributed by atoms with E-state index in [2.05, 4.69) is 51.1 Å². The molecule has 3 aromatic rings. The molecule has 3 rings (SSSR count). The number of aryl methyl sites for hydroxylation is 2. The van der Waals surface area contributed by atoms with Gasteiger partial charge in [0.05, 0.1) is 19.8 Å². The second-order valence-corrected chi connectivity index (χ2v) is 6.72. The van der Waals surface area contributed by atoms with E-state index < -0.39 is 0 Å². The first-order valence-electron chi connectivity index (χ1n) is 8.89. The first-order valence-corrected chi connectivity index (χ1v) is 8.89. The quantitative estimate of drug-likeness (QED) is 0.435. The lowest BCUT2D eigenvalue weighted by Gasteiger charge is -2.13. The van der Waals surface area contributed by atoms with Gasteiger partial charge in [-0.05, 0) is 83.6 Å². The molecule has 0 fully saturated rings. The summed E-state index contributed by atoms with van der Waals surface area (Å²) in [5, 5.41) is 2.45. The second kappa shape index (κ2) is 7.67. The third-order valence-corrected chi connectivity index (χ3v) is 4.96. The molecule has 0 bridgehead atoms. The molecule has 0 amide bonds. The smallest absolute Gasteiger partial charge is 0.337 e. The molecule has 0 heterocycles. The van der Waals surface area contributed by atoms with Crippen molar-refractivity contribution < 1.29 is 14.3 Å². The van der Waals surface area contributed by atoms with Crippen LogP contribution in [0.2, 0.25) is 0 Å². The highest BCUT2D eigenvalue weighted by Gasteiger charge is 2.09. The highest BCUT2D eigenvalue weighted by atomic mass is 16.5. The summed E-state index contributed by atoms with van der Waals surface area (Å²) in [6.07, 6.45) is 2.12. The minimum absolute atomic E-state index is 0.321. The van der Waals surface area contributed by atoms with Crippen LogP contribution in [0.4, 0.5) is 0 Å². The lowest BCUT2D eigenvalue weighted by Crippen LogP contribution is -2.00. The average Bonchev–Trinajstić information content (AvgIpc) is 2.70. The van der Waals surface area contributed by atoms with E-state index in [0.29, 0.717) is 5.56 Å². The highest BCUT2D eigenvalue weighted by Crippen LogP contribution is 2.32. The Morgan fingerprint density at radius 3 is 2.19 bits per heavy atom. The van der Waals surface area contributed by atoms with Gasteiger partial charge in [0.1, 0.15) is 5.75 Å². The molecule has 138 valence electrons. The molecule has 0 aromatic heterocycles. The van der Waals surface area contributed by atoms with Gasteiger partial charge in [0.15, 0.2) is 0 Å².